The molecule has 1 saturated heterocycles. The average Bonchev–Trinajstić information content (AvgIpc) is 2.38. The van der Waals surface area contributed by atoms with Crippen LogP contribution in [-0.4, -0.2) is 42.5 Å². The SMILES string of the molecule is CC1(C)CN(CCCC(=O)c2ccc(Br)cc2)CCO1. The van der Waals surface area contributed by atoms with Crippen LogP contribution in [0.25, 0.3) is 0 Å². The number of rotatable bonds is 5. The van der Waals surface area contributed by atoms with Gasteiger partial charge in [-0.2, -0.15) is 0 Å². The number of benzene rings is 1. The van der Waals surface area contributed by atoms with Crippen molar-refractivity contribution >= 4 is 21.7 Å². The second-order valence-corrected chi connectivity index (χ2v) is 6.83. The third kappa shape index (κ3) is 4.69. The van der Waals surface area contributed by atoms with Gasteiger partial charge >= 0.3 is 0 Å². The summed E-state index contributed by atoms with van der Waals surface area (Å²) in [6.07, 6.45) is 1.52. The molecule has 1 aliphatic heterocycles. The lowest BCUT2D eigenvalue weighted by Crippen LogP contribution is -2.48. The summed E-state index contributed by atoms with van der Waals surface area (Å²) in [5.74, 6) is 0.227. The molecule has 3 nitrogen and oxygen atoms in total. The van der Waals surface area contributed by atoms with Crippen molar-refractivity contribution in [3.05, 3.63) is 34.3 Å². The van der Waals surface area contributed by atoms with Gasteiger partial charge in [0.2, 0.25) is 0 Å². The molecule has 0 aromatic heterocycles. The number of hydrogen-bond donors (Lipinski definition) is 0. The van der Waals surface area contributed by atoms with E-state index in [0.717, 1.165) is 42.7 Å². The molecule has 0 radical (unpaired) electrons. The second kappa shape index (κ2) is 6.83. The monoisotopic (exact) mass is 339 g/mol. The zero-order valence-corrected chi connectivity index (χ0v) is 13.8. The molecule has 1 fully saturated rings. The number of halogens is 1. The minimum absolute atomic E-state index is 0.0615. The quantitative estimate of drug-likeness (QED) is 0.768. The van der Waals surface area contributed by atoms with Crippen LogP contribution in [0, 0.1) is 0 Å². The first-order valence-electron chi connectivity index (χ1n) is 7.11. The highest BCUT2D eigenvalue weighted by Gasteiger charge is 2.26. The van der Waals surface area contributed by atoms with Gasteiger partial charge in [-0.1, -0.05) is 28.1 Å². The van der Waals surface area contributed by atoms with Crippen LogP contribution in [0.2, 0.25) is 0 Å². The molecule has 20 heavy (non-hydrogen) atoms. The number of ether oxygens (including phenoxy) is 1. The van der Waals surface area contributed by atoms with Crippen molar-refractivity contribution in [2.45, 2.75) is 32.3 Å². The van der Waals surface area contributed by atoms with E-state index in [0.29, 0.717) is 6.42 Å². The minimum Gasteiger partial charge on any atom is -0.373 e. The second-order valence-electron chi connectivity index (χ2n) is 5.92. The van der Waals surface area contributed by atoms with Crippen LogP contribution in [-0.2, 0) is 4.74 Å². The number of carbonyl (C=O) groups excluding carboxylic acids is 1. The molecule has 0 amide bonds. The molecule has 1 heterocycles. The van der Waals surface area contributed by atoms with Gasteiger partial charge < -0.3 is 4.74 Å². The predicted octanol–water partition coefficient (Wildman–Crippen LogP) is 3.52. The van der Waals surface area contributed by atoms with E-state index in [1.54, 1.807) is 0 Å². The fourth-order valence-corrected chi connectivity index (χ4v) is 2.81. The van der Waals surface area contributed by atoms with Gasteiger partial charge in [-0.3, -0.25) is 9.69 Å². The van der Waals surface area contributed by atoms with Crippen molar-refractivity contribution in [3.8, 4) is 0 Å². The van der Waals surface area contributed by atoms with Crippen molar-refractivity contribution in [2.75, 3.05) is 26.2 Å². The van der Waals surface area contributed by atoms with Crippen molar-refractivity contribution in [3.63, 3.8) is 0 Å². The number of hydrogen-bond acceptors (Lipinski definition) is 3. The maximum Gasteiger partial charge on any atom is 0.162 e. The maximum absolute atomic E-state index is 12.1. The average molecular weight is 340 g/mol. The molecule has 4 heteroatoms. The highest BCUT2D eigenvalue weighted by molar-refractivity contribution is 9.10. The van der Waals surface area contributed by atoms with Crippen LogP contribution >= 0.6 is 15.9 Å². The Morgan fingerprint density at radius 1 is 1.35 bits per heavy atom. The van der Waals surface area contributed by atoms with E-state index in [9.17, 15) is 4.79 Å². The lowest BCUT2D eigenvalue weighted by molar-refractivity contribution is -0.0859. The molecule has 0 saturated carbocycles. The molecule has 0 unspecified atom stereocenters. The van der Waals surface area contributed by atoms with Crippen molar-refractivity contribution in [1.29, 1.82) is 0 Å². The van der Waals surface area contributed by atoms with Gasteiger partial charge in [0.05, 0.1) is 12.2 Å². The number of morpholine rings is 1. The van der Waals surface area contributed by atoms with E-state index in [2.05, 4.69) is 34.7 Å². The Morgan fingerprint density at radius 2 is 2.05 bits per heavy atom. The van der Waals surface area contributed by atoms with Crippen LogP contribution in [0.15, 0.2) is 28.7 Å². The standard InChI is InChI=1S/C16H22BrNO2/c1-16(2)12-18(10-11-20-16)9-3-4-15(19)13-5-7-14(17)8-6-13/h5-8H,3-4,9-12H2,1-2H3. The van der Waals surface area contributed by atoms with Gasteiger partial charge in [-0.25, -0.2) is 0 Å². The van der Waals surface area contributed by atoms with Gasteiger partial charge in [0, 0.05) is 29.5 Å². The smallest absolute Gasteiger partial charge is 0.162 e. The lowest BCUT2D eigenvalue weighted by Gasteiger charge is -2.38. The van der Waals surface area contributed by atoms with Gasteiger partial charge in [-0.15, -0.1) is 0 Å². The summed E-state index contributed by atoms with van der Waals surface area (Å²) >= 11 is 3.38. The van der Waals surface area contributed by atoms with Gasteiger partial charge in [-0.05, 0) is 38.9 Å². The Labute approximate surface area is 129 Å². The summed E-state index contributed by atoms with van der Waals surface area (Å²) in [6, 6.07) is 7.59. The molecule has 0 aliphatic carbocycles. The first-order chi connectivity index (χ1) is 9.46. The normalized spacial score (nSPS) is 18.9. The summed E-state index contributed by atoms with van der Waals surface area (Å²) < 4.78 is 6.69. The molecule has 2 rings (SSSR count). The van der Waals surface area contributed by atoms with Gasteiger partial charge in [0.25, 0.3) is 0 Å². The van der Waals surface area contributed by atoms with E-state index >= 15 is 0 Å². The van der Waals surface area contributed by atoms with E-state index in [1.165, 1.54) is 0 Å². The molecule has 110 valence electrons. The fourth-order valence-electron chi connectivity index (χ4n) is 2.55. The molecule has 1 aromatic rings. The van der Waals surface area contributed by atoms with Crippen molar-refractivity contribution in [2.24, 2.45) is 0 Å². The number of carbonyl (C=O) groups is 1. The van der Waals surface area contributed by atoms with Crippen LogP contribution in [0.3, 0.4) is 0 Å². The maximum atomic E-state index is 12.1. The predicted molar refractivity (Wildman–Crippen MR) is 84.2 cm³/mol. The molecule has 1 aliphatic rings. The molecular formula is C16H22BrNO2. The minimum atomic E-state index is -0.0615. The number of ketones is 1. The Bertz CT molecular complexity index is 456. The molecule has 0 bridgehead atoms. The van der Waals surface area contributed by atoms with E-state index < -0.39 is 0 Å². The van der Waals surface area contributed by atoms with Crippen LogP contribution in [0.1, 0.15) is 37.0 Å². The first-order valence-corrected chi connectivity index (χ1v) is 7.91. The van der Waals surface area contributed by atoms with E-state index in [-0.39, 0.29) is 11.4 Å². The Balaban J connectivity index is 1.75. The third-order valence-corrected chi connectivity index (χ3v) is 4.08. The third-order valence-electron chi connectivity index (χ3n) is 3.55. The zero-order valence-electron chi connectivity index (χ0n) is 12.2. The summed E-state index contributed by atoms with van der Waals surface area (Å²) in [5.41, 5.74) is 0.740. The molecule has 1 aromatic carbocycles. The van der Waals surface area contributed by atoms with Crippen molar-refractivity contribution < 1.29 is 9.53 Å². The Kier molecular flexibility index (Phi) is 5.35. The van der Waals surface area contributed by atoms with Crippen LogP contribution in [0.4, 0.5) is 0 Å². The molecule has 0 spiro atoms. The topological polar surface area (TPSA) is 29.5 Å². The summed E-state index contributed by atoms with van der Waals surface area (Å²) in [4.78, 5) is 14.5. The molecule has 0 N–H and O–H groups in total. The Morgan fingerprint density at radius 3 is 2.70 bits per heavy atom. The van der Waals surface area contributed by atoms with Crippen LogP contribution < -0.4 is 0 Å². The summed E-state index contributed by atoms with van der Waals surface area (Å²) in [5, 5.41) is 0. The van der Waals surface area contributed by atoms with Crippen LogP contribution in [0.5, 0.6) is 0 Å². The summed E-state index contributed by atoms with van der Waals surface area (Å²) in [6.45, 7) is 7.90. The zero-order chi connectivity index (χ0) is 14.6. The van der Waals surface area contributed by atoms with Crippen molar-refractivity contribution in [1.82, 2.24) is 4.90 Å². The molecule has 0 atom stereocenters. The fraction of sp³-hybridized carbons (Fsp3) is 0.562. The van der Waals surface area contributed by atoms with Gasteiger partial charge in [0.1, 0.15) is 0 Å². The highest BCUT2D eigenvalue weighted by atomic mass is 79.9. The first kappa shape index (κ1) is 15.7. The highest BCUT2D eigenvalue weighted by Crippen LogP contribution is 2.17. The molecular weight excluding hydrogens is 318 g/mol. The van der Waals surface area contributed by atoms with Gasteiger partial charge in [0.15, 0.2) is 5.78 Å². The number of nitrogens with zero attached hydrogens (tertiary/aromatic N) is 1. The lowest BCUT2D eigenvalue weighted by atomic mass is 10.0. The summed E-state index contributed by atoms with van der Waals surface area (Å²) in [7, 11) is 0. The Hall–Kier alpha value is -0.710. The number of Topliss-reactive ketones (excluding diaryl/α,β-unsaturated/α-hetero) is 1. The largest absolute Gasteiger partial charge is 0.373 e. The van der Waals surface area contributed by atoms with E-state index in [1.807, 2.05) is 24.3 Å². The van der Waals surface area contributed by atoms with E-state index in [4.69, 9.17) is 4.74 Å².